The second kappa shape index (κ2) is 10.4. The third-order valence-corrected chi connectivity index (χ3v) is 7.18. The van der Waals surface area contributed by atoms with E-state index in [1.165, 1.54) is 5.56 Å². The van der Waals surface area contributed by atoms with Crippen molar-refractivity contribution in [2.75, 3.05) is 25.2 Å². The van der Waals surface area contributed by atoms with Crippen LogP contribution in [-0.4, -0.2) is 35.7 Å². The lowest BCUT2D eigenvalue weighted by Gasteiger charge is -2.18. The average molecular weight is 484 g/mol. The number of carbonyl (C=O) groups is 1. The molecule has 186 valence electrons. The Labute approximate surface area is 212 Å². The highest BCUT2D eigenvalue weighted by atomic mass is 16.5. The van der Waals surface area contributed by atoms with Crippen molar-refractivity contribution in [1.29, 1.82) is 0 Å². The van der Waals surface area contributed by atoms with Gasteiger partial charge in [-0.05, 0) is 54.3 Å². The molecule has 36 heavy (non-hydrogen) atoms. The third-order valence-electron chi connectivity index (χ3n) is 7.18. The Hall–Kier alpha value is -3.80. The number of aromatic nitrogens is 2. The number of amides is 1. The van der Waals surface area contributed by atoms with Gasteiger partial charge >= 0.3 is 0 Å². The fourth-order valence-corrected chi connectivity index (χ4v) is 4.93. The van der Waals surface area contributed by atoms with Gasteiger partial charge in [-0.15, -0.1) is 0 Å². The van der Waals surface area contributed by atoms with Crippen molar-refractivity contribution in [1.82, 2.24) is 9.55 Å². The van der Waals surface area contributed by atoms with Gasteiger partial charge in [-0.1, -0.05) is 44.2 Å². The Morgan fingerprint density at radius 2 is 1.83 bits per heavy atom. The monoisotopic (exact) mass is 483 g/mol. The highest BCUT2D eigenvalue weighted by Crippen LogP contribution is 2.34. The molecule has 2 unspecified atom stereocenters. The van der Waals surface area contributed by atoms with Crippen LogP contribution in [0.5, 0.6) is 11.5 Å². The summed E-state index contributed by atoms with van der Waals surface area (Å²) in [5.74, 6) is 3.20. The summed E-state index contributed by atoms with van der Waals surface area (Å²) in [5, 5.41) is 0. The minimum atomic E-state index is 0.00548. The number of ether oxygens (including phenoxy) is 2. The molecule has 2 atom stereocenters. The fourth-order valence-electron chi connectivity index (χ4n) is 4.93. The topological polar surface area (TPSA) is 56.6 Å². The van der Waals surface area contributed by atoms with Crippen molar-refractivity contribution in [2.45, 2.75) is 45.1 Å². The summed E-state index contributed by atoms with van der Waals surface area (Å²) in [6.45, 7) is 6.22. The molecule has 1 aliphatic rings. The van der Waals surface area contributed by atoms with Crippen molar-refractivity contribution in [3.8, 4) is 11.5 Å². The van der Waals surface area contributed by atoms with E-state index in [1.807, 2.05) is 47.4 Å². The van der Waals surface area contributed by atoms with E-state index in [0.717, 1.165) is 40.5 Å². The molecule has 6 nitrogen and oxygen atoms in total. The number of carbonyl (C=O) groups excluding carboxylic acids is 1. The molecule has 1 aromatic heterocycles. The van der Waals surface area contributed by atoms with Crippen molar-refractivity contribution >= 4 is 22.6 Å². The number of methoxy groups -OCH3 is 1. The quantitative estimate of drug-likeness (QED) is 0.286. The Morgan fingerprint density at radius 3 is 2.61 bits per heavy atom. The van der Waals surface area contributed by atoms with Gasteiger partial charge in [0, 0.05) is 30.6 Å². The normalized spacial score (nSPS) is 16.5. The largest absolute Gasteiger partial charge is 0.497 e. The first-order chi connectivity index (χ1) is 17.6. The number of anilines is 1. The van der Waals surface area contributed by atoms with Gasteiger partial charge in [0.25, 0.3) is 0 Å². The lowest BCUT2D eigenvalue weighted by atomic mass is 9.99. The summed E-state index contributed by atoms with van der Waals surface area (Å²) in [5.41, 5.74) is 4.20. The van der Waals surface area contributed by atoms with E-state index >= 15 is 0 Å². The van der Waals surface area contributed by atoms with E-state index < -0.39 is 0 Å². The number of rotatable bonds is 9. The maximum atomic E-state index is 13.0. The van der Waals surface area contributed by atoms with Gasteiger partial charge in [0.1, 0.15) is 23.9 Å². The Bertz CT molecular complexity index is 1350. The minimum Gasteiger partial charge on any atom is -0.497 e. The van der Waals surface area contributed by atoms with Gasteiger partial charge in [-0.25, -0.2) is 4.98 Å². The van der Waals surface area contributed by atoms with Crippen LogP contribution in [0.2, 0.25) is 0 Å². The lowest BCUT2D eigenvalue weighted by molar-refractivity contribution is -0.117. The molecule has 1 amide bonds. The van der Waals surface area contributed by atoms with Crippen molar-refractivity contribution in [3.05, 3.63) is 84.2 Å². The zero-order chi connectivity index (χ0) is 25.1. The van der Waals surface area contributed by atoms with Crippen molar-refractivity contribution in [3.63, 3.8) is 0 Å². The van der Waals surface area contributed by atoms with E-state index in [-0.39, 0.29) is 11.8 Å². The van der Waals surface area contributed by atoms with E-state index in [9.17, 15) is 4.79 Å². The van der Waals surface area contributed by atoms with Gasteiger partial charge in [0.2, 0.25) is 5.91 Å². The van der Waals surface area contributed by atoms with Crippen LogP contribution in [0.25, 0.3) is 11.0 Å². The Balaban J connectivity index is 1.34. The summed E-state index contributed by atoms with van der Waals surface area (Å²) in [4.78, 5) is 19.8. The van der Waals surface area contributed by atoms with Crippen LogP contribution < -0.4 is 14.4 Å². The predicted molar refractivity (Wildman–Crippen MR) is 143 cm³/mol. The SMILES string of the molecule is CCC(C)c1ccc(OCCn2c(C3CC(=O)N(c4cccc(OC)c4)C3)nc3ccccc32)cc1. The van der Waals surface area contributed by atoms with Crippen LogP contribution in [0.3, 0.4) is 0 Å². The van der Waals surface area contributed by atoms with Crippen molar-refractivity contribution < 1.29 is 14.3 Å². The summed E-state index contributed by atoms with van der Waals surface area (Å²) in [6, 6.07) is 24.2. The van der Waals surface area contributed by atoms with Gasteiger partial charge in [-0.2, -0.15) is 0 Å². The maximum absolute atomic E-state index is 13.0. The molecule has 3 aromatic carbocycles. The van der Waals surface area contributed by atoms with E-state index in [4.69, 9.17) is 14.5 Å². The summed E-state index contributed by atoms with van der Waals surface area (Å²) in [6.07, 6.45) is 1.55. The van der Waals surface area contributed by atoms with E-state index in [1.54, 1.807) is 7.11 Å². The number of hydrogen-bond donors (Lipinski definition) is 0. The fraction of sp³-hybridized carbons (Fsp3) is 0.333. The van der Waals surface area contributed by atoms with Gasteiger partial charge in [0.05, 0.1) is 24.7 Å². The molecule has 1 aliphatic heterocycles. The molecule has 0 radical (unpaired) electrons. The molecule has 1 saturated heterocycles. The Morgan fingerprint density at radius 1 is 1.03 bits per heavy atom. The highest BCUT2D eigenvalue weighted by Gasteiger charge is 2.35. The lowest BCUT2D eigenvalue weighted by Crippen LogP contribution is -2.24. The molecular weight excluding hydrogens is 450 g/mol. The second-order valence-corrected chi connectivity index (χ2v) is 9.44. The molecule has 0 spiro atoms. The average Bonchev–Trinajstić information content (AvgIpc) is 3.49. The zero-order valence-electron chi connectivity index (χ0n) is 21.2. The number of para-hydroxylation sites is 2. The molecule has 2 heterocycles. The van der Waals surface area contributed by atoms with Crippen LogP contribution in [-0.2, 0) is 11.3 Å². The second-order valence-electron chi connectivity index (χ2n) is 9.44. The van der Waals surface area contributed by atoms with Crippen LogP contribution in [0.15, 0.2) is 72.8 Å². The predicted octanol–water partition coefficient (Wildman–Crippen LogP) is 6.16. The van der Waals surface area contributed by atoms with E-state index in [2.05, 4.69) is 48.7 Å². The first kappa shape index (κ1) is 23.9. The Kier molecular flexibility index (Phi) is 6.94. The minimum absolute atomic E-state index is 0.00548. The first-order valence-corrected chi connectivity index (χ1v) is 12.7. The molecule has 4 aromatic rings. The van der Waals surface area contributed by atoms with Gasteiger partial charge in [0.15, 0.2) is 0 Å². The molecule has 5 rings (SSSR count). The molecule has 0 bridgehead atoms. The molecule has 0 N–H and O–H groups in total. The summed E-state index contributed by atoms with van der Waals surface area (Å²) < 4.78 is 13.7. The smallest absolute Gasteiger partial charge is 0.227 e. The zero-order valence-corrected chi connectivity index (χ0v) is 21.2. The standard InChI is InChI=1S/C30H33N3O3/c1-4-21(2)22-12-14-25(15-13-22)36-17-16-32-28-11-6-5-10-27(28)31-30(32)23-18-29(34)33(20-23)24-8-7-9-26(19-24)35-3/h5-15,19,21,23H,4,16-18,20H2,1-3H3. The summed E-state index contributed by atoms with van der Waals surface area (Å²) in [7, 11) is 1.64. The highest BCUT2D eigenvalue weighted by molar-refractivity contribution is 5.96. The molecular formula is C30H33N3O3. The number of hydrogen-bond acceptors (Lipinski definition) is 4. The number of benzene rings is 3. The molecule has 1 fully saturated rings. The molecule has 0 aliphatic carbocycles. The van der Waals surface area contributed by atoms with Crippen LogP contribution >= 0.6 is 0 Å². The third kappa shape index (κ3) is 4.81. The van der Waals surface area contributed by atoms with Gasteiger partial charge in [-0.3, -0.25) is 4.79 Å². The molecule has 6 heteroatoms. The van der Waals surface area contributed by atoms with Crippen molar-refractivity contribution in [2.24, 2.45) is 0 Å². The van der Waals surface area contributed by atoms with E-state index in [0.29, 0.717) is 32.0 Å². The van der Waals surface area contributed by atoms with Crippen LogP contribution in [0.1, 0.15) is 49.9 Å². The van der Waals surface area contributed by atoms with Crippen LogP contribution in [0.4, 0.5) is 5.69 Å². The van der Waals surface area contributed by atoms with Gasteiger partial charge < -0.3 is 18.9 Å². The molecule has 0 saturated carbocycles. The number of fused-ring (bicyclic) bond motifs is 1. The number of imidazole rings is 1. The maximum Gasteiger partial charge on any atom is 0.227 e. The first-order valence-electron chi connectivity index (χ1n) is 12.7. The van der Waals surface area contributed by atoms with Crippen LogP contribution in [0, 0.1) is 0 Å². The summed E-state index contributed by atoms with van der Waals surface area (Å²) >= 11 is 0. The number of nitrogens with zero attached hydrogens (tertiary/aromatic N) is 3.